The number of methoxy groups -OCH3 is 2. The number of ether oxygens (including phenoxy) is 2. The lowest BCUT2D eigenvalue weighted by Gasteiger charge is -2.29. The van der Waals surface area contributed by atoms with Crippen LogP contribution < -0.4 is 10.1 Å². The monoisotopic (exact) mass is 323 g/mol. The van der Waals surface area contributed by atoms with E-state index in [1.54, 1.807) is 14.0 Å². The number of rotatable bonds is 9. The van der Waals surface area contributed by atoms with E-state index in [1.165, 1.54) is 7.11 Å². The number of carboxylic acid groups (broad SMARTS) is 1. The van der Waals surface area contributed by atoms with E-state index in [1.807, 2.05) is 31.2 Å². The summed E-state index contributed by atoms with van der Waals surface area (Å²) in [6, 6.07) is 7.54. The first kappa shape index (κ1) is 19.0. The summed E-state index contributed by atoms with van der Waals surface area (Å²) in [5.74, 6) is -0.521. The largest absolute Gasteiger partial charge is 0.496 e. The van der Waals surface area contributed by atoms with E-state index in [-0.39, 0.29) is 31.3 Å². The number of hydrogen-bond donors (Lipinski definition) is 2. The summed E-state index contributed by atoms with van der Waals surface area (Å²) >= 11 is 0. The van der Waals surface area contributed by atoms with E-state index >= 15 is 0 Å². The van der Waals surface area contributed by atoms with Crippen LogP contribution in [0.5, 0.6) is 5.75 Å². The second-order valence-electron chi connectivity index (χ2n) is 5.96. The summed E-state index contributed by atoms with van der Waals surface area (Å²) in [5.41, 5.74) is 0.00913. The maximum absolute atomic E-state index is 12.3. The van der Waals surface area contributed by atoms with Crippen molar-refractivity contribution in [3.05, 3.63) is 29.8 Å². The molecule has 0 aliphatic rings. The minimum absolute atomic E-state index is 0.0530. The van der Waals surface area contributed by atoms with Crippen LogP contribution in [-0.2, 0) is 14.3 Å². The Labute approximate surface area is 136 Å². The van der Waals surface area contributed by atoms with Gasteiger partial charge < -0.3 is 19.9 Å². The van der Waals surface area contributed by atoms with Gasteiger partial charge in [-0.25, -0.2) is 0 Å². The van der Waals surface area contributed by atoms with Crippen LogP contribution in [0.2, 0.25) is 0 Å². The van der Waals surface area contributed by atoms with E-state index in [4.69, 9.17) is 14.6 Å². The Morgan fingerprint density at radius 3 is 2.52 bits per heavy atom. The second-order valence-corrected chi connectivity index (χ2v) is 5.96. The van der Waals surface area contributed by atoms with Crippen LogP contribution in [0.3, 0.4) is 0 Å². The highest BCUT2D eigenvalue weighted by Gasteiger charge is 2.30. The first-order valence-electron chi connectivity index (χ1n) is 7.46. The van der Waals surface area contributed by atoms with E-state index in [2.05, 4.69) is 5.32 Å². The van der Waals surface area contributed by atoms with E-state index in [0.29, 0.717) is 0 Å². The first-order valence-corrected chi connectivity index (χ1v) is 7.46. The molecule has 0 heterocycles. The van der Waals surface area contributed by atoms with Crippen molar-refractivity contribution in [1.29, 1.82) is 0 Å². The summed E-state index contributed by atoms with van der Waals surface area (Å²) in [4.78, 5) is 23.3. The van der Waals surface area contributed by atoms with Gasteiger partial charge in [0.1, 0.15) is 5.75 Å². The lowest BCUT2D eigenvalue weighted by Crippen LogP contribution is -2.51. The molecule has 0 saturated heterocycles. The molecule has 1 rings (SSSR count). The average Bonchev–Trinajstić information content (AvgIpc) is 2.45. The molecule has 2 N–H and O–H groups in total. The number of carboxylic acids is 1. The fraction of sp³-hybridized carbons (Fsp3) is 0.529. The molecular weight excluding hydrogens is 298 g/mol. The molecule has 1 amide bonds. The topological polar surface area (TPSA) is 84.9 Å². The smallest absolute Gasteiger partial charge is 0.305 e. The summed E-state index contributed by atoms with van der Waals surface area (Å²) < 4.78 is 10.3. The second kappa shape index (κ2) is 8.53. The maximum atomic E-state index is 12.3. The van der Waals surface area contributed by atoms with Gasteiger partial charge in [0.15, 0.2) is 0 Å². The predicted octanol–water partition coefficient (Wildman–Crippen LogP) is 2.18. The molecule has 2 unspecified atom stereocenters. The Hall–Kier alpha value is -2.08. The molecule has 0 fully saturated rings. The number of carbonyl (C=O) groups excluding carboxylic acids is 1. The number of nitrogens with one attached hydrogen (secondary N) is 1. The lowest BCUT2D eigenvalue weighted by atomic mass is 9.94. The maximum Gasteiger partial charge on any atom is 0.305 e. The summed E-state index contributed by atoms with van der Waals surface area (Å²) in [7, 11) is 3.07. The number of benzene rings is 1. The zero-order valence-electron chi connectivity index (χ0n) is 14.1. The lowest BCUT2D eigenvalue weighted by molar-refractivity contribution is -0.139. The molecule has 0 bridgehead atoms. The number of para-hydroxylation sites is 1. The fourth-order valence-electron chi connectivity index (χ4n) is 2.63. The van der Waals surface area contributed by atoms with Crippen molar-refractivity contribution in [2.75, 3.05) is 20.8 Å². The number of amides is 1. The molecule has 1 aromatic rings. The minimum Gasteiger partial charge on any atom is -0.496 e. The molecule has 6 heteroatoms. The molecule has 23 heavy (non-hydrogen) atoms. The molecule has 0 aromatic heterocycles. The van der Waals surface area contributed by atoms with Gasteiger partial charge >= 0.3 is 5.97 Å². The van der Waals surface area contributed by atoms with E-state index in [0.717, 1.165) is 11.3 Å². The zero-order valence-corrected chi connectivity index (χ0v) is 14.1. The molecule has 128 valence electrons. The number of hydrogen-bond acceptors (Lipinski definition) is 4. The zero-order chi connectivity index (χ0) is 17.5. The number of aliphatic carboxylic acids is 1. The molecule has 1 aromatic carbocycles. The van der Waals surface area contributed by atoms with Crippen LogP contribution in [0.15, 0.2) is 24.3 Å². The summed E-state index contributed by atoms with van der Waals surface area (Å²) in [6.07, 6.45) is 0.0366. The molecule has 0 spiro atoms. The molecule has 2 atom stereocenters. The predicted molar refractivity (Wildman–Crippen MR) is 86.7 cm³/mol. The molecule has 0 saturated carbocycles. The van der Waals surface area contributed by atoms with Gasteiger partial charge in [-0.1, -0.05) is 25.1 Å². The third-order valence-electron chi connectivity index (χ3n) is 3.61. The van der Waals surface area contributed by atoms with Crippen molar-refractivity contribution in [3.8, 4) is 5.75 Å². The SMILES string of the molecule is COCC(C)(CC(=O)O)NC(=O)CC(C)c1ccccc1OC. The summed E-state index contributed by atoms with van der Waals surface area (Å²) in [5, 5.41) is 11.8. The third-order valence-corrected chi connectivity index (χ3v) is 3.61. The van der Waals surface area contributed by atoms with Crippen molar-refractivity contribution < 1.29 is 24.2 Å². The van der Waals surface area contributed by atoms with Crippen molar-refractivity contribution in [2.45, 2.75) is 38.1 Å². The fourth-order valence-corrected chi connectivity index (χ4v) is 2.63. The molecule has 0 aliphatic carbocycles. The molecule has 0 radical (unpaired) electrons. The normalized spacial score (nSPS) is 14.6. The van der Waals surface area contributed by atoms with Gasteiger partial charge in [-0.05, 0) is 24.5 Å². The Kier molecular flexibility index (Phi) is 7.03. The van der Waals surface area contributed by atoms with Crippen LogP contribution >= 0.6 is 0 Å². The Morgan fingerprint density at radius 1 is 1.30 bits per heavy atom. The van der Waals surface area contributed by atoms with E-state index in [9.17, 15) is 9.59 Å². The first-order chi connectivity index (χ1) is 10.8. The standard InChI is InChI=1S/C17H25NO5/c1-12(13-7-5-6-8-14(13)23-4)9-15(19)18-17(2,11-22-3)10-16(20)21/h5-8,12H,9-11H2,1-4H3,(H,18,19)(H,20,21). The van der Waals surface area contributed by atoms with E-state index < -0.39 is 11.5 Å². The van der Waals surface area contributed by atoms with Crippen molar-refractivity contribution in [1.82, 2.24) is 5.32 Å². The van der Waals surface area contributed by atoms with Gasteiger partial charge in [0.05, 0.1) is 25.7 Å². The van der Waals surface area contributed by atoms with Crippen LogP contribution in [0.25, 0.3) is 0 Å². The van der Waals surface area contributed by atoms with Gasteiger partial charge in [0.2, 0.25) is 5.91 Å². The Bertz CT molecular complexity index is 546. The van der Waals surface area contributed by atoms with Crippen LogP contribution in [0.1, 0.15) is 38.2 Å². The van der Waals surface area contributed by atoms with Crippen molar-refractivity contribution in [2.24, 2.45) is 0 Å². The van der Waals surface area contributed by atoms with Gasteiger partial charge in [0.25, 0.3) is 0 Å². The third kappa shape index (κ3) is 5.90. The van der Waals surface area contributed by atoms with Crippen LogP contribution in [0.4, 0.5) is 0 Å². The molecule has 6 nitrogen and oxygen atoms in total. The quantitative estimate of drug-likeness (QED) is 0.727. The van der Waals surface area contributed by atoms with Gasteiger partial charge in [-0.3, -0.25) is 9.59 Å². The highest BCUT2D eigenvalue weighted by Crippen LogP contribution is 2.28. The molecular formula is C17H25NO5. The average molecular weight is 323 g/mol. The number of carbonyl (C=O) groups is 2. The van der Waals surface area contributed by atoms with Gasteiger partial charge in [-0.15, -0.1) is 0 Å². The van der Waals surface area contributed by atoms with Gasteiger partial charge in [0, 0.05) is 13.5 Å². The minimum atomic E-state index is -0.984. The highest BCUT2D eigenvalue weighted by atomic mass is 16.5. The van der Waals surface area contributed by atoms with Crippen molar-refractivity contribution in [3.63, 3.8) is 0 Å². The van der Waals surface area contributed by atoms with Gasteiger partial charge in [-0.2, -0.15) is 0 Å². The summed E-state index contributed by atoms with van der Waals surface area (Å²) in [6.45, 7) is 3.73. The Morgan fingerprint density at radius 2 is 1.96 bits per heavy atom. The van der Waals surface area contributed by atoms with Crippen LogP contribution in [0, 0.1) is 0 Å². The Balaban J connectivity index is 2.75. The van der Waals surface area contributed by atoms with Crippen molar-refractivity contribution >= 4 is 11.9 Å². The highest BCUT2D eigenvalue weighted by molar-refractivity contribution is 5.79. The van der Waals surface area contributed by atoms with Crippen LogP contribution in [-0.4, -0.2) is 43.3 Å². The molecule has 0 aliphatic heterocycles.